The number of phosphoric ester groups is 3. The Morgan fingerprint density at radius 1 is 0.794 bits per heavy atom. The Kier molecular flexibility index (Phi) is 14.6. The van der Waals surface area contributed by atoms with Gasteiger partial charge in [0.2, 0.25) is 0 Å². The van der Waals surface area contributed by atoms with E-state index in [1.165, 1.54) is 6.92 Å². The molecule has 0 radical (unpaired) electrons. The molecule has 0 aliphatic heterocycles. The highest BCUT2D eigenvalue weighted by atomic mass is 31.2. The summed E-state index contributed by atoms with van der Waals surface area (Å²) in [6.45, 7) is 5.49. The van der Waals surface area contributed by atoms with Crippen LogP contribution in [0.5, 0.6) is 0 Å². The van der Waals surface area contributed by atoms with E-state index in [0.717, 1.165) is 0 Å². The first-order chi connectivity index (χ1) is 15.3. The molecule has 0 bridgehead atoms. The summed E-state index contributed by atoms with van der Waals surface area (Å²) in [5.41, 5.74) is -2.36. The van der Waals surface area contributed by atoms with E-state index in [-0.39, 0.29) is 51.5 Å². The van der Waals surface area contributed by atoms with Gasteiger partial charge in [-0.3, -0.25) is 22.6 Å². The van der Waals surface area contributed by atoms with Crippen molar-refractivity contribution in [3.63, 3.8) is 0 Å². The van der Waals surface area contributed by atoms with Gasteiger partial charge in [-0.05, 0) is 44.7 Å². The number of aliphatic hydroxyl groups is 1. The van der Waals surface area contributed by atoms with E-state index >= 15 is 0 Å². The predicted octanol–water partition coefficient (Wildman–Crippen LogP) is 1.32. The van der Waals surface area contributed by atoms with Crippen LogP contribution in [0.15, 0.2) is 0 Å². The summed E-state index contributed by atoms with van der Waals surface area (Å²) < 4.78 is 60.6. The van der Waals surface area contributed by atoms with Crippen LogP contribution < -0.4 is 0 Å². The van der Waals surface area contributed by atoms with Crippen molar-refractivity contribution in [3.05, 3.63) is 0 Å². The van der Waals surface area contributed by atoms with Crippen LogP contribution in [0.1, 0.15) is 53.4 Å². The van der Waals surface area contributed by atoms with Crippen LogP contribution >= 0.6 is 23.5 Å². The molecule has 0 fully saturated rings. The molecule has 0 aromatic carbocycles. The molecule has 13 nitrogen and oxygen atoms in total. The number of aliphatic hydroxyl groups excluding tert-OH is 1. The molecule has 6 unspecified atom stereocenters. The topological polar surface area (TPSA) is 199 Å². The summed E-state index contributed by atoms with van der Waals surface area (Å²) in [7, 11) is -10.4. The summed E-state index contributed by atoms with van der Waals surface area (Å²) in [4.78, 5) is 37.8. The van der Waals surface area contributed by atoms with E-state index in [1.807, 2.05) is 0 Å². The molecule has 0 saturated heterocycles. The van der Waals surface area contributed by atoms with Gasteiger partial charge in [-0.15, -0.1) is 0 Å². The summed E-state index contributed by atoms with van der Waals surface area (Å²) in [6.07, 6.45) is 0.690. The Hall–Kier alpha value is 0.420. The van der Waals surface area contributed by atoms with Crippen LogP contribution in [0.25, 0.3) is 0 Å². The highest BCUT2D eigenvalue weighted by molar-refractivity contribution is 7.47. The van der Waals surface area contributed by atoms with E-state index in [9.17, 15) is 23.5 Å². The highest BCUT2D eigenvalue weighted by Gasteiger charge is 2.38. The summed E-state index contributed by atoms with van der Waals surface area (Å²) in [5, 5.41) is 9.00. The van der Waals surface area contributed by atoms with Crippen molar-refractivity contribution in [2.45, 2.75) is 76.2 Å². The van der Waals surface area contributed by atoms with Crippen molar-refractivity contribution in [2.24, 2.45) is 0 Å². The Morgan fingerprint density at radius 2 is 1.26 bits per heavy atom. The SMILES string of the molecule is BC(CO)COP(=O)(O)OC(C)(CC)CCOP(=O)(O)OC(C)(CC)CC(B)COP(=O)(O)O. The Balaban J connectivity index is 4.92. The minimum atomic E-state index is -4.63. The van der Waals surface area contributed by atoms with E-state index in [1.54, 1.807) is 36.5 Å². The quantitative estimate of drug-likeness (QED) is 0.113. The van der Waals surface area contributed by atoms with Crippen LogP contribution in [0.3, 0.4) is 0 Å². The summed E-state index contributed by atoms with van der Waals surface area (Å²) in [5.74, 6) is -0.765. The molecule has 18 heteroatoms. The van der Waals surface area contributed by atoms with E-state index < -0.39 is 40.5 Å². The van der Waals surface area contributed by atoms with Crippen molar-refractivity contribution in [3.8, 4) is 0 Å². The van der Waals surface area contributed by atoms with Gasteiger partial charge in [-0.2, -0.15) is 0 Å². The van der Waals surface area contributed by atoms with Gasteiger partial charge < -0.3 is 24.7 Å². The lowest BCUT2D eigenvalue weighted by molar-refractivity contribution is -0.00137. The molecule has 202 valence electrons. The molecule has 5 N–H and O–H groups in total. The van der Waals surface area contributed by atoms with Crippen LogP contribution in [-0.4, -0.2) is 78.0 Å². The van der Waals surface area contributed by atoms with Gasteiger partial charge in [0, 0.05) is 13.0 Å². The molecule has 6 atom stereocenters. The predicted molar refractivity (Wildman–Crippen MR) is 130 cm³/mol. The van der Waals surface area contributed by atoms with Crippen molar-refractivity contribution in [2.75, 3.05) is 26.4 Å². The lowest BCUT2D eigenvalue weighted by Gasteiger charge is -2.33. The van der Waals surface area contributed by atoms with Crippen molar-refractivity contribution < 1.29 is 61.0 Å². The second kappa shape index (κ2) is 14.4. The second-order valence-electron chi connectivity index (χ2n) is 8.99. The third kappa shape index (κ3) is 15.5. The molecule has 0 aromatic heterocycles. The number of phosphoric acid groups is 3. The van der Waals surface area contributed by atoms with Gasteiger partial charge in [0.25, 0.3) is 0 Å². The average Bonchev–Trinajstić information content (AvgIpc) is 2.69. The zero-order valence-corrected chi connectivity index (χ0v) is 23.3. The summed E-state index contributed by atoms with van der Waals surface area (Å²) in [6, 6.07) is 0. The minimum absolute atomic E-state index is 0.0315. The van der Waals surface area contributed by atoms with Crippen molar-refractivity contribution >= 4 is 39.2 Å². The molecular weight excluding hydrogens is 515 g/mol. The normalized spacial score (nSPS) is 21.6. The van der Waals surface area contributed by atoms with E-state index in [0.29, 0.717) is 6.42 Å². The first-order valence-electron chi connectivity index (χ1n) is 11.0. The van der Waals surface area contributed by atoms with Gasteiger partial charge in [0.15, 0.2) is 0 Å². The fourth-order valence-electron chi connectivity index (χ4n) is 2.81. The van der Waals surface area contributed by atoms with Gasteiger partial charge >= 0.3 is 23.5 Å². The van der Waals surface area contributed by atoms with Crippen LogP contribution in [0, 0.1) is 0 Å². The maximum absolute atomic E-state index is 12.5. The zero-order valence-electron chi connectivity index (χ0n) is 20.7. The van der Waals surface area contributed by atoms with Gasteiger partial charge in [0.1, 0.15) is 15.7 Å². The number of hydrogen-bond acceptors (Lipinski definition) is 9. The highest BCUT2D eigenvalue weighted by Crippen LogP contribution is 2.52. The Morgan fingerprint density at radius 3 is 1.74 bits per heavy atom. The molecular formula is C16H39B2O13P3. The van der Waals surface area contributed by atoms with Crippen molar-refractivity contribution in [1.29, 1.82) is 0 Å². The molecule has 0 aromatic rings. The van der Waals surface area contributed by atoms with Crippen LogP contribution in [0.2, 0.25) is 11.6 Å². The van der Waals surface area contributed by atoms with E-state index in [4.69, 9.17) is 33.0 Å². The van der Waals surface area contributed by atoms with Gasteiger partial charge in [0.05, 0.1) is 31.0 Å². The average molecular weight is 554 g/mol. The summed E-state index contributed by atoms with van der Waals surface area (Å²) >= 11 is 0. The first kappa shape index (κ1) is 34.4. The molecule has 0 spiro atoms. The number of rotatable bonds is 19. The third-order valence-corrected chi connectivity index (χ3v) is 8.01. The first-order valence-corrected chi connectivity index (χ1v) is 15.5. The molecule has 0 amide bonds. The lowest BCUT2D eigenvalue weighted by Crippen LogP contribution is -2.31. The zero-order chi connectivity index (χ0) is 26.8. The largest absolute Gasteiger partial charge is 0.472 e. The fraction of sp³-hybridized carbons (Fsp3) is 1.00. The number of hydrogen-bond donors (Lipinski definition) is 5. The third-order valence-electron chi connectivity index (χ3n) is 5.19. The molecule has 0 heterocycles. The minimum Gasteiger partial charge on any atom is -0.397 e. The fourth-order valence-corrected chi connectivity index (χ4v) is 5.67. The molecule has 0 saturated carbocycles. The van der Waals surface area contributed by atoms with Gasteiger partial charge in [-0.1, -0.05) is 13.8 Å². The van der Waals surface area contributed by atoms with Crippen LogP contribution in [0.4, 0.5) is 0 Å². The monoisotopic (exact) mass is 554 g/mol. The Labute approximate surface area is 203 Å². The molecule has 34 heavy (non-hydrogen) atoms. The molecule has 0 aliphatic rings. The van der Waals surface area contributed by atoms with Gasteiger partial charge in [-0.25, -0.2) is 13.7 Å². The van der Waals surface area contributed by atoms with Crippen molar-refractivity contribution in [1.82, 2.24) is 0 Å². The van der Waals surface area contributed by atoms with Crippen LogP contribution in [-0.2, 0) is 36.3 Å². The maximum Gasteiger partial charge on any atom is 0.472 e. The smallest absolute Gasteiger partial charge is 0.397 e. The Bertz CT molecular complexity index is 754. The standard InChI is InChI=1S/C16H39B2O13P3/c1-5-15(3,30-34(25,26)29-12-14(18)10-19)7-8-27-33(23,24)31-16(4,6-2)9-13(17)11-28-32(20,21)22/h13-14,19H,5-12,17-18H2,1-4H3,(H,23,24)(H,25,26)(H2,20,21,22). The molecule has 0 aliphatic carbocycles. The van der Waals surface area contributed by atoms with E-state index in [2.05, 4.69) is 4.52 Å². The lowest BCUT2D eigenvalue weighted by atomic mass is 9.78. The second-order valence-corrected chi connectivity index (χ2v) is 13.0. The molecule has 0 rings (SSSR count). The maximum atomic E-state index is 12.5.